The summed E-state index contributed by atoms with van der Waals surface area (Å²) in [5, 5.41) is 2.61. The molecule has 1 unspecified atom stereocenters. The first-order valence-corrected chi connectivity index (χ1v) is 10.1. The second-order valence-corrected chi connectivity index (χ2v) is 7.50. The van der Waals surface area contributed by atoms with Crippen LogP contribution < -0.4 is 5.32 Å². The molecule has 1 aliphatic heterocycles. The molecule has 0 bridgehead atoms. The molecule has 1 heterocycles. The van der Waals surface area contributed by atoms with E-state index in [1.165, 1.54) is 12.1 Å². The van der Waals surface area contributed by atoms with E-state index in [0.29, 0.717) is 18.7 Å². The first kappa shape index (κ1) is 19.8. The maximum atomic E-state index is 13.8. The van der Waals surface area contributed by atoms with E-state index in [4.69, 9.17) is 0 Å². The number of para-hydroxylation sites is 1. The van der Waals surface area contributed by atoms with Crippen molar-refractivity contribution in [3.63, 3.8) is 0 Å². The Hall–Kier alpha value is -3.47. The Bertz CT molecular complexity index is 1030. The molecule has 5 heteroatoms. The number of hydrogen-bond acceptors (Lipinski definition) is 2. The van der Waals surface area contributed by atoms with E-state index >= 15 is 0 Å². The summed E-state index contributed by atoms with van der Waals surface area (Å²) in [6.07, 6.45) is 1.48. The summed E-state index contributed by atoms with van der Waals surface area (Å²) in [7, 11) is 0. The highest BCUT2D eigenvalue weighted by atomic mass is 19.1. The lowest BCUT2D eigenvalue weighted by atomic mass is 9.89. The fourth-order valence-corrected chi connectivity index (χ4v) is 3.83. The van der Waals surface area contributed by atoms with Gasteiger partial charge in [0.1, 0.15) is 5.82 Å². The molecule has 4 rings (SSSR count). The molecule has 2 amide bonds. The molecule has 1 aliphatic rings. The van der Waals surface area contributed by atoms with Crippen molar-refractivity contribution in [3.05, 3.63) is 90.2 Å². The minimum Gasteiger partial charge on any atom is -0.324 e. The highest BCUT2D eigenvalue weighted by molar-refractivity contribution is 5.99. The fraction of sp³-hybridized carbons (Fsp3) is 0.200. The lowest BCUT2D eigenvalue weighted by Gasteiger charge is -2.32. The minimum absolute atomic E-state index is 0.0398. The minimum atomic E-state index is -0.478. The number of benzene rings is 3. The number of amides is 2. The predicted octanol–water partition coefficient (Wildman–Crippen LogP) is 5.62. The Morgan fingerprint density at radius 2 is 1.53 bits per heavy atom. The van der Waals surface area contributed by atoms with E-state index < -0.39 is 5.82 Å². The number of piperidine rings is 1. The highest BCUT2D eigenvalue weighted by Gasteiger charge is 2.29. The van der Waals surface area contributed by atoms with Gasteiger partial charge in [-0.2, -0.15) is 0 Å². The number of anilines is 1. The fourth-order valence-electron chi connectivity index (χ4n) is 3.83. The van der Waals surface area contributed by atoms with Crippen LogP contribution in [0.3, 0.4) is 0 Å². The molecule has 152 valence electrons. The highest BCUT2D eigenvalue weighted by Crippen LogP contribution is 2.24. The van der Waals surface area contributed by atoms with E-state index in [1.807, 2.05) is 54.6 Å². The number of carbonyl (C=O) groups is 2. The Balaban J connectivity index is 1.42. The van der Waals surface area contributed by atoms with Crippen LogP contribution in [-0.4, -0.2) is 29.8 Å². The molecule has 1 atom stereocenters. The van der Waals surface area contributed by atoms with Gasteiger partial charge in [0.05, 0.1) is 5.69 Å². The Morgan fingerprint density at radius 3 is 2.27 bits per heavy atom. The van der Waals surface area contributed by atoms with Gasteiger partial charge in [-0.3, -0.25) is 4.79 Å². The van der Waals surface area contributed by atoms with Crippen molar-refractivity contribution in [1.82, 2.24) is 4.90 Å². The summed E-state index contributed by atoms with van der Waals surface area (Å²) >= 11 is 0. The largest absolute Gasteiger partial charge is 0.324 e. The molecule has 0 aromatic heterocycles. The Kier molecular flexibility index (Phi) is 5.89. The number of nitrogens with zero attached hydrogens (tertiary/aromatic N) is 1. The number of carbonyl (C=O) groups excluding carboxylic acids is 2. The van der Waals surface area contributed by atoms with Gasteiger partial charge in [0.15, 0.2) is 5.78 Å². The van der Waals surface area contributed by atoms with E-state index in [-0.39, 0.29) is 23.4 Å². The zero-order valence-electron chi connectivity index (χ0n) is 16.6. The first-order chi connectivity index (χ1) is 14.6. The summed E-state index contributed by atoms with van der Waals surface area (Å²) in [5.41, 5.74) is 2.95. The summed E-state index contributed by atoms with van der Waals surface area (Å²) in [6.45, 7) is 0.885. The maximum absolute atomic E-state index is 13.8. The molecular weight excluding hydrogens is 379 g/mol. The molecule has 30 heavy (non-hydrogen) atoms. The van der Waals surface area contributed by atoms with Crippen LogP contribution in [0.4, 0.5) is 14.9 Å². The Morgan fingerprint density at radius 1 is 0.867 bits per heavy atom. The van der Waals surface area contributed by atoms with Crippen LogP contribution in [0.2, 0.25) is 0 Å². The summed E-state index contributed by atoms with van der Waals surface area (Å²) in [4.78, 5) is 27.2. The predicted molar refractivity (Wildman–Crippen MR) is 116 cm³/mol. The normalized spacial score (nSPS) is 16.2. The number of ketones is 1. The molecule has 4 nitrogen and oxygen atoms in total. The standard InChI is InChI=1S/C25H23FN2O2/c26-22-10-4-5-11-23(22)27-25(30)28-16-6-9-21(17-28)24(29)20-14-12-19(13-15-20)18-7-2-1-3-8-18/h1-5,7-8,10-15,21H,6,9,16-17H2,(H,27,30). The first-order valence-electron chi connectivity index (χ1n) is 10.1. The summed E-state index contributed by atoms with van der Waals surface area (Å²) in [5.74, 6) is -0.695. The van der Waals surface area contributed by atoms with Crippen LogP contribution >= 0.6 is 0 Å². The van der Waals surface area contributed by atoms with E-state index in [2.05, 4.69) is 5.32 Å². The second-order valence-electron chi connectivity index (χ2n) is 7.50. The number of likely N-dealkylation sites (tertiary alicyclic amines) is 1. The van der Waals surface area contributed by atoms with Gasteiger partial charge >= 0.3 is 6.03 Å². The van der Waals surface area contributed by atoms with Crippen LogP contribution in [0, 0.1) is 11.7 Å². The van der Waals surface area contributed by atoms with Crippen LogP contribution in [0.15, 0.2) is 78.9 Å². The molecule has 3 aromatic rings. The molecule has 0 aliphatic carbocycles. The molecule has 1 fully saturated rings. The van der Waals surface area contributed by atoms with Crippen LogP contribution in [0.5, 0.6) is 0 Å². The third-order valence-corrected chi connectivity index (χ3v) is 5.47. The topological polar surface area (TPSA) is 49.4 Å². The zero-order valence-corrected chi connectivity index (χ0v) is 16.6. The monoisotopic (exact) mass is 402 g/mol. The SMILES string of the molecule is O=C(c1ccc(-c2ccccc2)cc1)C1CCCN(C(=O)Nc2ccccc2F)C1. The van der Waals surface area contributed by atoms with Crippen LogP contribution in [0.1, 0.15) is 23.2 Å². The number of Topliss-reactive ketones (excluding diaryl/α,β-unsaturated/α-hetero) is 1. The van der Waals surface area contributed by atoms with Crippen LogP contribution in [-0.2, 0) is 0 Å². The molecule has 1 N–H and O–H groups in total. The van der Waals surface area contributed by atoms with E-state index in [9.17, 15) is 14.0 Å². The van der Waals surface area contributed by atoms with E-state index in [1.54, 1.807) is 17.0 Å². The van der Waals surface area contributed by atoms with Crippen molar-refractivity contribution < 1.29 is 14.0 Å². The average molecular weight is 402 g/mol. The quantitative estimate of drug-likeness (QED) is 0.576. The lowest BCUT2D eigenvalue weighted by Crippen LogP contribution is -2.44. The van der Waals surface area contributed by atoms with Gasteiger partial charge in [0.2, 0.25) is 0 Å². The van der Waals surface area contributed by atoms with Gasteiger partial charge in [-0.05, 0) is 36.1 Å². The maximum Gasteiger partial charge on any atom is 0.321 e. The molecule has 0 spiro atoms. The smallest absolute Gasteiger partial charge is 0.321 e. The van der Waals surface area contributed by atoms with E-state index in [0.717, 1.165) is 24.0 Å². The lowest BCUT2D eigenvalue weighted by molar-refractivity contribution is 0.0851. The van der Waals surface area contributed by atoms with Gasteiger partial charge in [-0.1, -0.05) is 66.7 Å². The number of halogens is 1. The number of hydrogen-bond donors (Lipinski definition) is 1. The zero-order chi connectivity index (χ0) is 20.9. The van der Waals surface area contributed by atoms with Crippen LogP contribution in [0.25, 0.3) is 11.1 Å². The molecule has 0 saturated carbocycles. The summed E-state index contributed by atoms with van der Waals surface area (Å²) in [6, 6.07) is 23.3. The third-order valence-electron chi connectivity index (χ3n) is 5.47. The van der Waals surface area contributed by atoms with Crippen molar-refractivity contribution in [2.24, 2.45) is 5.92 Å². The van der Waals surface area contributed by atoms with Crippen molar-refractivity contribution >= 4 is 17.5 Å². The molecule has 1 saturated heterocycles. The van der Waals surface area contributed by atoms with Gasteiger partial charge in [0.25, 0.3) is 0 Å². The van der Waals surface area contributed by atoms with Gasteiger partial charge in [-0.25, -0.2) is 9.18 Å². The van der Waals surface area contributed by atoms with Gasteiger partial charge in [0, 0.05) is 24.6 Å². The molecule has 3 aromatic carbocycles. The molecule has 0 radical (unpaired) electrons. The Labute approximate surface area is 175 Å². The summed E-state index contributed by atoms with van der Waals surface area (Å²) < 4.78 is 13.8. The number of rotatable bonds is 4. The van der Waals surface area contributed by atoms with Crippen molar-refractivity contribution in [1.29, 1.82) is 0 Å². The van der Waals surface area contributed by atoms with Crippen molar-refractivity contribution in [2.75, 3.05) is 18.4 Å². The average Bonchev–Trinajstić information content (AvgIpc) is 2.81. The number of nitrogens with one attached hydrogen (secondary N) is 1. The third kappa shape index (κ3) is 4.40. The second kappa shape index (κ2) is 8.91. The number of urea groups is 1. The van der Waals surface area contributed by atoms with Crippen molar-refractivity contribution in [3.8, 4) is 11.1 Å². The van der Waals surface area contributed by atoms with Gasteiger partial charge in [-0.15, -0.1) is 0 Å². The molecular formula is C25H23FN2O2. The van der Waals surface area contributed by atoms with Crippen molar-refractivity contribution in [2.45, 2.75) is 12.8 Å². The van der Waals surface area contributed by atoms with Gasteiger partial charge < -0.3 is 10.2 Å².